The Labute approximate surface area is 80.5 Å². The lowest BCUT2D eigenvalue weighted by molar-refractivity contribution is 0.589. The van der Waals surface area contributed by atoms with Gasteiger partial charge in [0.1, 0.15) is 17.3 Å². The van der Waals surface area contributed by atoms with E-state index in [4.69, 9.17) is 0 Å². The summed E-state index contributed by atoms with van der Waals surface area (Å²) in [5.41, 5.74) is -0.0310. The summed E-state index contributed by atoms with van der Waals surface area (Å²) < 4.78 is 25.9. The number of hydrogen-bond acceptors (Lipinski definition) is 2. The van der Waals surface area contributed by atoms with Crippen LogP contribution in [0.3, 0.4) is 0 Å². The number of nitrogens with one attached hydrogen (secondary N) is 1. The second-order valence-corrected chi connectivity index (χ2v) is 3.50. The molecule has 1 aromatic rings. The van der Waals surface area contributed by atoms with Crippen molar-refractivity contribution in [2.24, 2.45) is 0 Å². The van der Waals surface area contributed by atoms with Crippen LogP contribution in [0.15, 0.2) is 18.2 Å². The van der Waals surface area contributed by atoms with Crippen molar-refractivity contribution in [3.05, 3.63) is 29.8 Å². The first kappa shape index (κ1) is 10.3. The molecule has 0 aliphatic rings. The molecule has 1 nitrogen and oxygen atoms in total. The number of hydrogen-bond donors (Lipinski definition) is 1. The maximum Gasteiger partial charge on any atom is 0.149 e. The van der Waals surface area contributed by atoms with Gasteiger partial charge in [0.25, 0.3) is 0 Å². The average Bonchev–Trinajstić information content (AvgIpc) is 2.10. The van der Waals surface area contributed by atoms with Gasteiger partial charge in [-0.3, -0.25) is 0 Å². The van der Waals surface area contributed by atoms with Crippen molar-refractivity contribution in [3.8, 4) is 0 Å². The van der Waals surface area contributed by atoms with Crippen LogP contribution in [0, 0.1) is 11.6 Å². The molecule has 13 heavy (non-hydrogen) atoms. The van der Waals surface area contributed by atoms with E-state index in [1.807, 2.05) is 6.26 Å². The average molecular weight is 203 g/mol. The zero-order valence-electron chi connectivity index (χ0n) is 7.31. The Balaban J connectivity index is 2.64. The lowest BCUT2D eigenvalue weighted by Gasteiger charge is -2.06. The maximum atomic E-state index is 13.0. The summed E-state index contributed by atoms with van der Waals surface area (Å²) >= 11 is 1.63. The van der Waals surface area contributed by atoms with Gasteiger partial charge in [-0.25, -0.2) is 8.78 Å². The van der Waals surface area contributed by atoms with Crippen LogP contribution in [0.1, 0.15) is 0 Å². The first-order chi connectivity index (χ1) is 6.25. The summed E-state index contributed by atoms with van der Waals surface area (Å²) in [6.07, 6.45) is 1.94. The number of benzene rings is 1. The first-order valence-electron chi connectivity index (χ1n) is 3.92. The normalized spacial score (nSPS) is 10.1. The van der Waals surface area contributed by atoms with Gasteiger partial charge < -0.3 is 5.32 Å². The molecule has 0 saturated heterocycles. The lowest BCUT2D eigenvalue weighted by atomic mass is 10.3. The minimum absolute atomic E-state index is 0.0310. The highest BCUT2D eigenvalue weighted by Crippen LogP contribution is 2.17. The number of halogens is 2. The predicted molar refractivity (Wildman–Crippen MR) is 53.2 cm³/mol. The summed E-state index contributed by atoms with van der Waals surface area (Å²) in [5.74, 6) is -0.254. The van der Waals surface area contributed by atoms with E-state index in [1.54, 1.807) is 11.8 Å². The number of para-hydroxylation sites is 1. The highest BCUT2D eigenvalue weighted by atomic mass is 32.2. The smallest absolute Gasteiger partial charge is 0.149 e. The largest absolute Gasteiger partial charge is 0.379 e. The van der Waals surface area contributed by atoms with Crippen LogP contribution in [0.5, 0.6) is 0 Å². The van der Waals surface area contributed by atoms with E-state index >= 15 is 0 Å². The van der Waals surface area contributed by atoms with Gasteiger partial charge in [0, 0.05) is 12.3 Å². The molecule has 0 radical (unpaired) electrons. The summed E-state index contributed by atoms with van der Waals surface area (Å²) in [6.45, 7) is 0.568. The van der Waals surface area contributed by atoms with Gasteiger partial charge in [-0.15, -0.1) is 0 Å². The Hall–Kier alpha value is -0.770. The van der Waals surface area contributed by atoms with Crippen molar-refractivity contribution in [2.75, 3.05) is 23.9 Å². The molecule has 0 aliphatic carbocycles. The molecule has 0 heterocycles. The van der Waals surface area contributed by atoms with Gasteiger partial charge in [-0.1, -0.05) is 6.07 Å². The molecule has 0 aromatic heterocycles. The molecular formula is C9H11F2NS. The summed E-state index contributed by atoms with van der Waals surface area (Å²) in [6, 6.07) is 3.83. The molecule has 4 heteroatoms. The Morgan fingerprint density at radius 1 is 1.31 bits per heavy atom. The zero-order valence-corrected chi connectivity index (χ0v) is 8.13. The molecule has 0 spiro atoms. The quantitative estimate of drug-likeness (QED) is 0.755. The topological polar surface area (TPSA) is 12.0 Å². The molecule has 0 saturated carbocycles. The second kappa shape index (κ2) is 5.07. The predicted octanol–water partition coefficient (Wildman–Crippen LogP) is 2.74. The number of rotatable bonds is 4. The van der Waals surface area contributed by atoms with E-state index in [0.717, 1.165) is 5.75 Å². The van der Waals surface area contributed by atoms with E-state index in [-0.39, 0.29) is 5.69 Å². The van der Waals surface area contributed by atoms with E-state index < -0.39 is 11.6 Å². The molecule has 1 rings (SSSR count). The molecule has 0 atom stereocenters. The highest BCUT2D eigenvalue weighted by molar-refractivity contribution is 7.98. The molecule has 0 aliphatic heterocycles. The van der Waals surface area contributed by atoms with Crippen LogP contribution in [0.4, 0.5) is 14.5 Å². The molecule has 0 bridgehead atoms. The van der Waals surface area contributed by atoms with Gasteiger partial charge in [0.05, 0.1) is 0 Å². The van der Waals surface area contributed by atoms with Crippen molar-refractivity contribution in [1.29, 1.82) is 0 Å². The molecule has 0 unspecified atom stereocenters. The Morgan fingerprint density at radius 2 is 1.92 bits per heavy atom. The molecule has 1 aromatic carbocycles. The molecular weight excluding hydrogens is 192 g/mol. The summed E-state index contributed by atoms with van der Waals surface area (Å²) in [7, 11) is 0. The third-order valence-corrected chi connectivity index (χ3v) is 2.18. The Kier molecular flexibility index (Phi) is 4.02. The van der Waals surface area contributed by atoms with Crippen molar-refractivity contribution in [3.63, 3.8) is 0 Å². The molecule has 1 N–H and O–H groups in total. The van der Waals surface area contributed by atoms with Crippen LogP contribution in [-0.4, -0.2) is 18.6 Å². The van der Waals surface area contributed by atoms with Gasteiger partial charge in [0.2, 0.25) is 0 Å². The highest BCUT2D eigenvalue weighted by Gasteiger charge is 2.05. The second-order valence-electron chi connectivity index (χ2n) is 2.52. The van der Waals surface area contributed by atoms with Crippen LogP contribution < -0.4 is 5.32 Å². The molecule has 72 valence electrons. The van der Waals surface area contributed by atoms with Crippen molar-refractivity contribution < 1.29 is 8.78 Å². The maximum absolute atomic E-state index is 13.0. The number of anilines is 1. The van der Waals surface area contributed by atoms with Crippen LogP contribution in [0.25, 0.3) is 0 Å². The lowest BCUT2D eigenvalue weighted by Crippen LogP contribution is -2.07. The summed E-state index contributed by atoms with van der Waals surface area (Å²) in [4.78, 5) is 0. The van der Waals surface area contributed by atoms with Crippen molar-refractivity contribution in [2.45, 2.75) is 0 Å². The van der Waals surface area contributed by atoms with Gasteiger partial charge in [-0.2, -0.15) is 11.8 Å². The van der Waals surface area contributed by atoms with Gasteiger partial charge in [-0.05, 0) is 18.4 Å². The van der Waals surface area contributed by atoms with Crippen molar-refractivity contribution >= 4 is 17.4 Å². The minimum Gasteiger partial charge on any atom is -0.379 e. The number of thioether (sulfide) groups is 1. The molecule has 0 amide bonds. The summed E-state index contributed by atoms with van der Waals surface area (Å²) in [5, 5.41) is 2.71. The SMILES string of the molecule is CSCCNc1c(F)cccc1F. The monoisotopic (exact) mass is 203 g/mol. The zero-order chi connectivity index (χ0) is 9.68. The van der Waals surface area contributed by atoms with Crippen LogP contribution in [0.2, 0.25) is 0 Å². The fraction of sp³-hybridized carbons (Fsp3) is 0.333. The van der Waals surface area contributed by atoms with Crippen LogP contribution >= 0.6 is 11.8 Å². The third kappa shape index (κ3) is 2.88. The molecule has 0 fully saturated rings. The van der Waals surface area contributed by atoms with Crippen LogP contribution in [-0.2, 0) is 0 Å². The third-order valence-electron chi connectivity index (χ3n) is 1.57. The Bertz CT molecular complexity index is 258. The van der Waals surface area contributed by atoms with E-state index in [9.17, 15) is 8.78 Å². The van der Waals surface area contributed by atoms with E-state index in [2.05, 4.69) is 5.32 Å². The van der Waals surface area contributed by atoms with Gasteiger partial charge in [0.15, 0.2) is 0 Å². The van der Waals surface area contributed by atoms with E-state index in [1.165, 1.54) is 18.2 Å². The fourth-order valence-electron chi connectivity index (χ4n) is 0.945. The first-order valence-corrected chi connectivity index (χ1v) is 5.32. The minimum atomic E-state index is -0.541. The van der Waals surface area contributed by atoms with E-state index in [0.29, 0.717) is 6.54 Å². The standard InChI is InChI=1S/C9H11F2NS/c1-13-6-5-12-9-7(10)3-2-4-8(9)11/h2-4,12H,5-6H2,1H3. The van der Waals surface area contributed by atoms with Gasteiger partial charge >= 0.3 is 0 Å². The van der Waals surface area contributed by atoms with Crippen molar-refractivity contribution in [1.82, 2.24) is 0 Å². The Morgan fingerprint density at radius 3 is 2.46 bits per heavy atom. The fourth-order valence-corrected chi connectivity index (χ4v) is 1.25.